The molecule has 1 aromatic carbocycles. The third-order valence-corrected chi connectivity index (χ3v) is 2.87. The molecule has 0 aromatic heterocycles. The van der Waals surface area contributed by atoms with Crippen molar-refractivity contribution in [2.24, 2.45) is 0 Å². The van der Waals surface area contributed by atoms with E-state index in [1.165, 1.54) is 0 Å². The van der Waals surface area contributed by atoms with Crippen molar-refractivity contribution in [2.45, 2.75) is 24.3 Å². The van der Waals surface area contributed by atoms with Crippen LogP contribution in [0.5, 0.6) is 5.75 Å². The van der Waals surface area contributed by atoms with Crippen LogP contribution < -0.4 is 4.74 Å². The average Bonchev–Trinajstić information content (AvgIpc) is 2.22. The highest BCUT2D eigenvalue weighted by Gasteiger charge is 2.72. The number of hydrogen-bond acceptors (Lipinski definition) is 2. The Bertz CT molecular complexity index is 533. The van der Waals surface area contributed by atoms with Gasteiger partial charge in [-0.1, -0.05) is 22.0 Å². The van der Waals surface area contributed by atoms with Crippen LogP contribution >= 0.6 is 15.9 Å². The number of alkyl halides is 9. The molecule has 0 saturated heterocycles. The number of benzene rings is 1. The van der Waals surface area contributed by atoms with Crippen LogP contribution in [0.15, 0.2) is 22.7 Å². The summed E-state index contributed by atoms with van der Waals surface area (Å²) in [6.45, 7) is 0. The van der Waals surface area contributed by atoms with Gasteiger partial charge < -0.3 is 9.84 Å². The summed E-state index contributed by atoms with van der Waals surface area (Å²) in [6, 6.07) is 0.860. The molecule has 0 heterocycles. The van der Waals surface area contributed by atoms with E-state index in [-0.39, 0.29) is 16.6 Å². The molecular weight excluding hydrogens is 403 g/mol. The van der Waals surface area contributed by atoms with Gasteiger partial charge in [-0.2, -0.15) is 26.3 Å². The number of hydrogen-bond donors (Lipinski definition) is 1. The minimum Gasteiger partial charge on any atom is -0.405 e. The molecule has 126 valence electrons. The SMILES string of the molecule is OC(c1ccc(Br)cc1OC(F)(F)F)(C(F)(F)F)C(F)(F)F. The van der Waals surface area contributed by atoms with Crippen molar-refractivity contribution in [3.63, 3.8) is 0 Å². The van der Waals surface area contributed by atoms with Crippen molar-refractivity contribution < 1.29 is 49.4 Å². The Labute approximate surface area is 124 Å². The molecule has 0 atom stereocenters. The fourth-order valence-corrected chi connectivity index (χ4v) is 1.81. The monoisotopic (exact) mass is 406 g/mol. The minimum atomic E-state index is -6.33. The summed E-state index contributed by atoms with van der Waals surface area (Å²) in [7, 11) is 0. The summed E-state index contributed by atoms with van der Waals surface area (Å²) in [4.78, 5) is 0. The maximum Gasteiger partial charge on any atom is 0.573 e. The smallest absolute Gasteiger partial charge is 0.405 e. The second-order valence-electron chi connectivity index (χ2n) is 3.89. The fourth-order valence-electron chi connectivity index (χ4n) is 1.47. The standard InChI is InChI=1S/C10H4BrF9O2/c11-4-1-2-5(6(3-4)22-10(18,19)20)7(21,8(12,13)14)9(15,16)17/h1-3,21H. The number of rotatable bonds is 2. The summed E-state index contributed by atoms with van der Waals surface area (Å²) >= 11 is 2.58. The Morgan fingerprint density at radius 3 is 1.68 bits per heavy atom. The van der Waals surface area contributed by atoms with Crippen LogP contribution in [0.25, 0.3) is 0 Å². The number of halogens is 10. The van der Waals surface area contributed by atoms with Gasteiger partial charge in [0.2, 0.25) is 0 Å². The lowest BCUT2D eigenvalue weighted by atomic mass is 9.91. The average molecular weight is 407 g/mol. The molecular formula is C10H4BrF9O2. The highest BCUT2D eigenvalue weighted by Crippen LogP contribution is 2.53. The molecule has 0 amide bonds. The minimum absolute atomic E-state index is 0.0339. The maximum atomic E-state index is 12.7. The van der Waals surface area contributed by atoms with Crippen LogP contribution in [0.2, 0.25) is 0 Å². The molecule has 0 aliphatic heterocycles. The summed E-state index contributed by atoms with van der Waals surface area (Å²) in [5.74, 6) is -1.83. The second-order valence-corrected chi connectivity index (χ2v) is 4.81. The first kappa shape index (κ1) is 18.9. The Morgan fingerprint density at radius 1 is 0.864 bits per heavy atom. The lowest BCUT2D eigenvalue weighted by Crippen LogP contribution is -2.54. The van der Waals surface area contributed by atoms with Crippen molar-refractivity contribution in [3.8, 4) is 5.75 Å². The van der Waals surface area contributed by atoms with E-state index in [0.717, 1.165) is 0 Å². The van der Waals surface area contributed by atoms with Crippen molar-refractivity contribution in [3.05, 3.63) is 28.2 Å². The van der Waals surface area contributed by atoms with Crippen molar-refractivity contribution >= 4 is 15.9 Å². The highest BCUT2D eigenvalue weighted by atomic mass is 79.9. The zero-order chi connectivity index (χ0) is 17.6. The number of aliphatic hydroxyl groups is 1. The summed E-state index contributed by atoms with van der Waals surface area (Å²) in [6.07, 6.45) is -18.2. The molecule has 1 rings (SSSR count). The third-order valence-electron chi connectivity index (χ3n) is 2.38. The van der Waals surface area contributed by atoms with E-state index >= 15 is 0 Å². The molecule has 0 radical (unpaired) electrons. The summed E-state index contributed by atoms with van der Waals surface area (Å²) in [5.41, 5.74) is -7.66. The largest absolute Gasteiger partial charge is 0.573 e. The Hall–Kier alpha value is -1.17. The van der Waals surface area contributed by atoms with Crippen LogP contribution in [-0.4, -0.2) is 23.8 Å². The first-order valence-electron chi connectivity index (χ1n) is 5.01. The van der Waals surface area contributed by atoms with Gasteiger partial charge >= 0.3 is 18.7 Å². The van der Waals surface area contributed by atoms with Crippen LogP contribution in [0.3, 0.4) is 0 Å². The van der Waals surface area contributed by atoms with E-state index in [4.69, 9.17) is 5.11 Å². The molecule has 2 nitrogen and oxygen atoms in total. The quantitative estimate of drug-likeness (QED) is 0.723. The van der Waals surface area contributed by atoms with E-state index in [9.17, 15) is 39.5 Å². The van der Waals surface area contributed by atoms with Gasteiger partial charge in [0.25, 0.3) is 5.60 Å². The van der Waals surface area contributed by atoms with E-state index in [1.54, 1.807) is 0 Å². The Balaban J connectivity index is 3.64. The molecule has 22 heavy (non-hydrogen) atoms. The van der Waals surface area contributed by atoms with Crippen molar-refractivity contribution in [2.75, 3.05) is 0 Å². The lowest BCUT2D eigenvalue weighted by molar-refractivity contribution is -0.377. The predicted molar refractivity (Wildman–Crippen MR) is 56.8 cm³/mol. The molecule has 1 aromatic rings. The zero-order valence-corrected chi connectivity index (χ0v) is 11.5. The molecule has 0 saturated carbocycles. The Kier molecular flexibility index (Phi) is 4.70. The van der Waals surface area contributed by atoms with Gasteiger partial charge in [0, 0.05) is 10.0 Å². The molecule has 1 N–H and O–H groups in total. The molecule has 0 unspecified atom stereocenters. The van der Waals surface area contributed by atoms with Gasteiger partial charge in [-0.3, -0.25) is 0 Å². The van der Waals surface area contributed by atoms with Crippen LogP contribution in [0, 0.1) is 0 Å². The van der Waals surface area contributed by atoms with Gasteiger partial charge in [0.05, 0.1) is 0 Å². The first-order valence-corrected chi connectivity index (χ1v) is 5.80. The zero-order valence-electron chi connectivity index (χ0n) is 9.87. The fraction of sp³-hybridized carbons (Fsp3) is 0.400. The van der Waals surface area contributed by atoms with Gasteiger partial charge in [-0.15, -0.1) is 13.2 Å². The van der Waals surface area contributed by atoms with Crippen molar-refractivity contribution in [1.29, 1.82) is 0 Å². The van der Waals surface area contributed by atoms with Crippen LogP contribution in [-0.2, 0) is 5.60 Å². The topological polar surface area (TPSA) is 29.5 Å². The first-order chi connectivity index (χ1) is 9.59. The second kappa shape index (κ2) is 5.48. The molecule has 0 aliphatic rings. The molecule has 12 heteroatoms. The van der Waals surface area contributed by atoms with E-state index in [0.29, 0.717) is 6.07 Å². The van der Waals surface area contributed by atoms with Crippen molar-refractivity contribution in [1.82, 2.24) is 0 Å². The van der Waals surface area contributed by atoms with E-state index in [1.807, 2.05) is 0 Å². The summed E-state index contributed by atoms with van der Waals surface area (Å²) < 4.78 is 115. The Morgan fingerprint density at radius 2 is 1.32 bits per heavy atom. The van der Waals surface area contributed by atoms with Crippen LogP contribution in [0.1, 0.15) is 5.56 Å². The normalized spacial score (nSPS) is 14.1. The molecule has 0 aliphatic carbocycles. The maximum absolute atomic E-state index is 12.7. The van der Waals surface area contributed by atoms with Gasteiger partial charge in [-0.25, -0.2) is 0 Å². The molecule has 0 spiro atoms. The molecule has 0 fully saturated rings. The third kappa shape index (κ3) is 3.59. The predicted octanol–water partition coefficient (Wildman–Crippen LogP) is 4.66. The molecule has 0 bridgehead atoms. The van der Waals surface area contributed by atoms with E-state index in [2.05, 4.69) is 20.7 Å². The van der Waals surface area contributed by atoms with Gasteiger partial charge in [-0.05, 0) is 12.1 Å². The van der Waals surface area contributed by atoms with Gasteiger partial charge in [0.1, 0.15) is 5.75 Å². The van der Waals surface area contributed by atoms with Gasteiger partial charge in [0.15, 0.2) is 0 Å². The highest BCUT2D eigenvalue weighted by molar-refractivity contribution is 9.10. The summed E-state index contributed by atoms with van der Waals surface area (Å²) in [5, 5.41) is 9.11. The van der Waals surface area contributed by atoms with Crippen LogP contribution in [0.4, 0.5) is 39.5 Å². The number of ether oxygens (including phenoxy) is 1. The lowest BCUT2D eigenvalue weighted by Gasteiger charge is -2.33. The van der Waals surface area contributed by atoms with E-state index < -0.39 is 35.6 Å².